The Bertz CT molecular complexity index is 1460. The Kier molecular flexibility index (Phi) is 7.48. The normalized spacial score (nSPS) is 12.8. The lowest BCUT2D eigenvalue weighted by molar-refractivity contribution is 0.322. The third kappa shape index (κ3) is 4.92. The van der Waals surface area contributed by atoms with E-state index in [1.807, 2.05) is 50.2 Å². The van der Waals surface area contributed by atoms with Gasteiger partial charge in [0.2, 0.25) is 10.0 Å². The van der Waals surface area contributed by atoms with Crippen LogP contribution in [0.5, 0.6) is 0 Å². The van der Waals surface area contributed by atoms with Crippen molar-refractivity contribution >= 4 is 20.9 Å². The summed E-state index contributed by atoms with van der Waals surface area (Å²) in [6.07, 6.45) is 2.41. The molecule has 0 spiro atoms. The van der Waals surface area contributed by atoms with Crippen LogP contribution in [-0.4, -0.2) is 28.8 Å². The van der Waals surface area contributed by atoms with Gasteiger partial charge >= 0.3 is 0 Å². The van der Waals surface area contributed by atoms with E-state index in [2.05, 4.69) is 6.92 Å². The van der Waals surface area contributed by atoms with Gasteiger partial charge in [-0.05, 0) is 61.7 Å². The molecule has 0 radical (unpaired) electrons. The highest BCUT2D eigenvalue weighted by Crippen LogP contribution is 2.29. The van der Waals surface area contributed by atoms with Crippen LogP contribution in [-0.2, 0) is 16.4 Å². The van der Waals surface area contributed by atoms with Gasteiger partial charge in [-0.15, -0.1) is 0 Å². The van der Waals surface area contributed by atoms with Crippen molar-refractivity contribution in [3.63, 3.8) is 0 Å². The van der Waals surface area contributed by atoms with Crippen molar-refractivity contribution in [3.05, 3.63) is 101 Å². The molecule has 4 aromatic rings. The van der Waals surface area contributed by atoms with Crippen molar-refractivity contribution in [1.29, 1.82) is 0 Å². The highest BCUT2D eigenvalue weighted by Gasteiger charge is 2.32. The number of hydrogen-bond donors (Lipinski definition) is 0. The number of rotatable bonds is 9. The number of para-hydroxylation sites is 1. The van der Waals surface area contributed by atoms with Gasteiger partial charge in [0.15, 0.2) is 0 Å². The Morgan fingerprint density at radius 2 is 1.57 bits per heavy atom. The number of fused-ring (bicyclic) bond motifs is 1. The molecule has 0 aliphatic heterocycles. The second kappa shape index (κ2) is 10.5. The smallest absolute Gasteiger partial charge is 0.266 e. The van der Waals surface area contributed by atoms with Gasteiger partial charge in [-0.25, -0.2) is 13.4 Å². The van der Waals surface area contributed by atoms with Gasteiger partial charge in [0.25, 0.3) is 5.56 Å². The van der Waals surface area contributed by atoms with E-state index in [4.69, 9.17) is 4.98 Å². The fraction of sp³-hybridized carbons (Fsp3) is 0.286. The van der Waals surface area contributed by atoms with Crippen molar-refractivity contribution in [3.8, 4) is 5.69 Å². The summed E-state index contributed by atoms with van der Waals surface area (Å²) < 4.78 is 30.5. The molecule has 182 valence electrons. The minimum absolute atomic E-state index is 0.214. The van der Waals surface area contributed by atoms with Crippen molar-refractivity contribution in [2.24, 2.45) is 0 Å². The van der Waals surface area contributed by atoms with Crippen LogP contribution < -0.4 is 5.56 Å². The Hall–Kier alpha value is -3.29. The van der Waals surface area contributed by atoms with Crippen LogP contribution in [0.4, 0.5) is 0 Å². The lowest BCUT2D eigenvalue weighted by Crippen LogP contribution is -2.38. The summed E-state index contributed by atoms with van der Waals surface area (Å²) in [7, 11) is -3.82. The molecule has 0 fully saturated rings. The second-order valence-corrected chi connectivity index (χ2v) is 10.5. The van der Waals surface area contributed by atoms with Crippen molar-refractivity contribution in [2.75, 3.05) is 6.54 Å². The van der Waals surface area contributed by atoms with Gasteiger partial charge < -0.3 is 0 Å². The van der Waals surface area contributed by atoms with Gasteiger partial charge in [-0.2, -0.15) is 4.31 Å². The molecule has 3 aromatic carbocycles. The topological polar surface area (TPSA) is 72.3 Å². The van der Waals surface area contributed by atoms with Crippen LogP contribution >= 0.6 is 0 Å². The maximum absolute atomic E-state index is 13.7. The summed E-state index contributed by atoms with van der Waals surface area (Å²) in [4.78, 5) is 18.8. The molecule has 1 aromatic heterocycles. The second-order valence-electron chi connectivity index (χ2n) is 8.61. The zero-order valence-corrected chi connectivity index (χ0v) is 21.2. The number of sulfonamides is 1. The van der Waals surface area contributed by atoms with E-state index in [0.29, 0.717) is 35.4 Å². The molecule has 0 amide bonds. The zero-order chi connectivity index (χ0) is 25.0. The van der Waals surface area contributed by atoms with E-state index in [9.17, 15) is 13.2 Å². The fourth-order valence-corrected chi connectivity index (χ4v) is 5.90. The van der Waals surface area contributed by atoms with Gasteiger partial charge in [-0.3, -0.25) is 9.36 Å². The summed E-state index contributed by atoms with van der Waals surface area (Å²) in [6, 6.07) is 22.7. The van der Waals surface area contributed by atoms with Crippen molar-refractivity contribution in [2.45, 2.75) is 51.0 Å². The Morgan fingerprint density at radius 1 is 0.914 bits per heavy atom. The predicted molar refractivity (Wildman–Crippen MR) is 140 cm³/mol. The van der Waals surface area contributed by atoms with E-state index in [1.54, 1.807) is 47.0 Å². The summed E-state index contributed by atoms with van der Waals surface area (Å²) in [5.74, 6) is 0.397. The zero-order valence-electron chi connectivity index (χ0n) is 20.4. The van der Waals surface area contributed by atoms with Crippen LogP contribution in [0.15, 0.2) is 88.6 Å². The highest BCUT2D eigenvalue weighted by atomic mass is 32.2. The number of hydrogen-bond acceptors (Lipinski definition) is 4. The number of aryl methyl sites for hydroxylation is 1. The van der Waals surface area contributed by atoms with E-state index >= 15 is 0 Å². The Morgan fingerprint density at radius 3 is 2.23 bits per heavy atom. The predicted octanol–water partition coefficient (Wildman–Crippen LogP) is 5.50. The molecule has 0 aliphatic rings. The third-order valence-electron chi connectivity index (χ3n) is 6.29. The molecule has 4 rings (SSSR count). The van der Waals surface area contributed by atoms with Crippen molar-refractivity contribution < 1.29 is 8.42 Å². The van der Waals surface area contributed by atoms with Crippen LogP contribution in [0.25, 0.3) is 16.6 Å². The molecular formula is C28H31N3O3S. The lowest BCUT2D eigenvalue weighted by atomic mass is 10.1. The number of nitrogens with zero attached hydrogens (tertiary/aromatic N) is 3. The molecular weight excluding hydrogens is 458 g/mol. The number of unbranched alkanes of at least 4 members (excludes halogenated alkanes) is 1. The first kappa shape index (κ1) is 24.8. The van der Waals surface area contributed by atoms with Crippen LogP contribution in [0.2, 0.25) is 0 Å². The first-order valence-corrected chi connectivity index (χ1v) is 13.5. The maximum Gasteiger partial charge on any atom is 0.266 e. The molecule has 0 bridgehead atoms. The first-order valence-electron chi connectivity index (χ1n) is 12.1. The van der Waals surface area contributed by atoms with Gasteiger partial charge in [0.1, 0.15) is 5.82 Å². The van der Waals surface area contributed by atoms with Crippen LogP contribution in [0, 0.1) is 0 Å². The minimum Gasteiger partial charge on any atom is -0.268 e. The van der Waals surface area contributed by atoms with E-state index in [-0.39, 0.29) is 10.5 Å². The fourth-order valence-electron chi connectivity index (χ4n) is 4.25. The Labute approximate surface area is 206 Å². The SMILES string of the molecule is CCCCN(C(C)c1nc2ccccc2c(=O)n1-c1ccc(CC)cc1)S(=O)(=O)c1ccccc1. The summed E-state index contributed by atoms with van der Waals surface area (Å²) in [6.45, 7) is 6.24. The molecule has 0 saturated heterocycles. The van der Waals surface area contributed by atoms with Crippen LogP contribution in [0.3, 0.4) is 0 Å². The molecule has 7 heteroatoms. The molecule has 1 unspecified atom stereocenters. The number of aromatic nitrogens is 2. The van der Waals surface area contributed by atoms with Gasteiger partial charge in [0, 0.05) is 6.54 Å². The molecule has 6 nitrogen and oxygen atoms in total. The average Bonchev–Trinajstić information content (AvgIpc) is 2.89. The molecule has 0 N–H and O–H groups in total. The lowest BCUT2D eigenvalue weighted by Gasteiger charge is -2.29. The van der Waals surface area contributed by atoms with E-state index in [0.717, 1.165) is 18.4 Å². The molecule has 0 aliphatic carbocycles. The molecule has 1 atom stereocenters. The van der Waals surface area contributed by atoms with Crippen molar-refractivity contribution in [1.82, 2.24) is 13.9 Å². The average molecular weight is 490 g/mol. The van der Waals surface area contributed by atoms with Crippen LogP contribution in [0.1, 0.15) is 51.0 Å². The van der Waals surface area contributed by atoms with Gasteiger partial charge in [-0.1, -0.05) is 62.7 Å². The number of benzene rings is 3. The standard InChI is InChI=1S/C28H31N3O3S/c1-4-6-20-30(35(33,34)24-12-8-7-9-13-24)21(3)27-29-26-15-11-10-14-25(26)28(32)31(27)23-18-16-22(5-2)17-19-23/h7-19,21H,4-6,20H2,1-3H3. The van der Waals surface area contributed by atoms with Gasteiger partial charge in [0.05, 0.1) is 27.5 Å². The van der Waals surface area contributed by atoms with E-state index < -0.39 is 16.1 Å². The maximum atomic E-state index is 13.7. The summed E-state index contributed by atoms with van der Waals surface area (Å²) in [5.41, 5.74) is 2.16. The first-order chi connectivity index (χ1) is 16.9. The molecule has 0 saturated carbocycles. The molecule has 1 heterocycles. The quantitative estimate of drug-likeness (QED) is 0.311. The monoisotopic (exact) mass is 489 g/mol. The minimum atomic E-state index is -3.82. The molecule has 35 heavy (non-hydrogen) atoms. The summed E-state index contributed by atoms with van der Waals surface area (Å²) >= 11 is 0. The Balaban J connectivity index is 1.94. The largest absolute Gasteiger partial charge is 0.268 e. The van der Waals surface area contributed by atoms with E-state index in [1.165, 1.54) is 4.31 Å². The summed E-state index contributed by atoms with van der Waals surface area (Å²) in [5, 5.41) is 0.494. The highest BCUT2D eigenvalue weighted by molar-refractivity contribution is 7.89. The third-order valence-corrected chi connectivity index (χ3v) is 8.28.